The van der Waals surface area contributed by atoms with E-state index < -0.39 is 5.82 Å². The molecule has 0 aromatic heterocycles. The molecule has 1 aromatic rings. The Labute approximate surface area is 127 Å². The second-order valence-electron chi connectivity index (χ2n) is 5.12. The lowest BCUT2D eigenvalue weighted by molar-refractivity contribution is -0.113. The summed E-state index contributed by atoms with van der Waals surface area (Å²) in [6.45, 7) is 1.63. The maximum Gasteiger partial charge on any atom is 0.253 e. The van der Waals surface area contributed by atoms with Crippen molar-refractivity contribution in [1.29, 1.82) is 0 Å². The first-order valence-corrected chi connectivity index (χ1v) is 7.04. The fourth-order valence-corrected chi connectivity index (χ4v) is 2.76. The van der Waals surface area contributed by atoms with Gasteiger partial charge in [0.25, 0.3) is 5.91 Å². The highest BCUT2D eigenvalue weighted by Crippen LogP contribution is 2.32. The Morgan fingerprint density at radius 1 is 1.48 bits per heavy atom. The van der Waals surface area contributed by atoms with Crippen LogP contribution in [0.1, 0.15) is 12.0 Å². The fourth-order valence-electron chi connectivity index (χ4n) is 2.49. The Bertz CT molecular complexity index is 706. The number of amides is 1. The second-order valence-corrected chi connectivity index (χ2v) is 5.53. The Kier molecular flexibility index (Phi) is 3.55. The number of benzene rings is 1. The van der Waals surface area contributed by atoms with Gasteiger partial charge in [-0.2, -0.15) is 0 Å². The Morgan fingerprint density at radius 3 is 3.10 bits per heavy atom. The van der Waals surface area contributed by atoms with E-state index in [4.69, 9.17) is 11.6 Å². The summed E-state index contributed by atoms with van der Waals surface area (Å²) in [6, 6.07) is 2.75. The summed E-state index contributed by atoms with van der Waals surface area (Å²) in [7, 11) is 0. The summed E-state index contributed by atoms with van der Waals surface area (Å²) in [5.74, 6) is -0.630. The molecule has 1 aliphatic heterocycles. The molecule has 2 N–H and O–H groups in total. The second kappa shape index (κ2) is 5.37. The van der Waals surface area contributed by atoms with E-state index >= 15 is 0 Å². The zero-order valence-corrected chi connectivity index (χ0v) is 12.2. The molecule has 5 heteroatoms. The van der Waals surface area contributed by atoms with Crippen LogP contribution in [0.4, 0.5) is 10.1 Å². The van der Waals surface area contributed by atoms with Gasteiger partial charge in [0.05, 0.1) is 10.7 Å². The number of halogens is 2. The van der Waals surface area contributed by atoms with Gasteiger partial charge in [-0.3, -0.25) is 4.79 Å². The van der Waals surface area contributed by atoms with E-state index in [1.54, 1.807) is 13.1 Å². The molecule has 3 nitrogen and oxygen atoms in total. The Balaban J connectivity index is 1.80. The van der Waals surface area contributed by atoms with Crippen molar-refractivity contribution in [2.45, 2.75) is 13.3 Å². The van der Waals surface area contributed by atoms with Crippen molar-refractivity contribution in [1.82, 2.24) is 5.32 Å². The number of aryl methyl sites for hydroxylation is 1. The van der Waals surface area contributed by atoms with Gasteiger partial charge in [0.2, 0.25) is 0 Å². The number of hydrogen-bond donors (Lipinski definition) is 2. The minimum absolute atomic E-state index is 0.0315. The van der Waals surface area contributed by atoms with Gasteiger partial charge in [-0.05, 0) is 37.1 Å². The molecule has 1 heterocycles. The third kappa shape index (κ3) is 2.59. The van der Waals surface area contributed by atoms with Gasteiger partial charge in [-0.15, -0.1) is 0 Å². The lowest BCUT2D eigenvalue weighted by atomic mass is 9.91. The summed E-state index contributed by atoms with van der Waals surface area (Å²) in [4.78, 5) is 12.4. The number of nitrogens with one attached hydrogen (secondary N) is 2. The first kappa shape index (κ1) is 13.9. The third-order valence-electron chi connectivity index (χ3n) is 3.69. The summed E-state index contributed by atoms with van der Waals surface area (Å²) in [5.41, 5.74) is 2.36. The van der Waals surface area contributed by atoms with Gasteiger partial charge in [0, 0.05) is 23.4 Å². The van der Waals surface area contributed by atoms with Crippen LogP contribution in [0.15, 0.2) is 47.8 Å². The molecule has 1 unspecified atom stereocenters. The van der Waals surface area contributed by atoms with E-state index in [-0.39, 0.29) is 17.5 Å². The van der Waals surface area contributed by atoms with Crippen molar-refractivity contribution >= 4 is 23.2 Å². The molecule has 3 rings (SSSR count). The molecular weight excluding hydrogens is 291 g/mol. The number of rotatable bonds is 2. The summed E-state index contributed by atoms with van der Waals surface area (Å²) >= 11 is 6.05. The predicted molar refractivity (Wildman–Crippen MR) is 81.3 cm³/mol. The van der Waals surface area contributed by atoms with Gasteiger partial charge in [-0.25, -0.2) is 4.39 Å². The number of carbonyl (C=O) groups excluding carboxylic acids is 1. The molecule has 1 aliphatic carbocycles. The summed E-state index contributed by atoms with van der Waals surface area (Å²) in [6.07, 6.45) is 8.38. The van der Waals surface area contributed by atoms with Crippen LogP contribution in [0.25, 0.3) is 0 Å². The minimum Gasteiger partial charge on any atom is -0.364 e. The molecule has 0 bridgehead atoms. The number of fused-ring (bicyclic) bond motifs is 1. The average Bonchev–Trinajstić information content (AvgIpc) is 2.88. The normalized spacial score (nSPS) is 19.5. The third-order valence-corrected chi connectivity index (χ3v) is 4.00. The van der Waals surface area contributed by atoms with Crippen LogP contribution in [-0.4, -0.2) is 5.91 Å². The van der Waals surface area contributed by atoms with Crippen molar-refractivity contribution in [2.24, 2.45) is 5.92 Å². The van der Waals surface area contributed by atoms with Crippen molar-refractivity contribution < 1.29 is 9.18 Å². The highest BCUT2D eigenvalue weighted by atomic mass is 35.5. The molecule has 1 aromatic carbocycles. The van der Waals surface area contributed by atoms with Crippen LogP contribution in [0.5, 0.6) is 0 Å². The molecule has 0 fully saturated rings. The molecule has 1 amide bonds. The van der Waals surface area contributed by atoms with Crippen LogP contribution in [-0.2, 0) is 4.79 Å². The van der Waals surface area contributed by atoms with Crippen molar-refractivity contribution in [3.05, 3.63) is 64.2 Å². The van der Waals surface area contributed by atoms with Crippen LogP contribution < -0.4 is 10.6 Å². The van der Waals surface area contributed by atoms with Crippen LogP contribution >= 0.6 is 11.6 Å². The van der Waals surface area contributed by atoms with Crippen LogP contribution in [0, 0.1) is 18.7 Å². The molecule has 21 heavy (non-hydrogen) atoms. The Hall–Kier alpha value is -2.07. The average molecular weight is 305 g/mol. The van der Waals surface area contributed by atoms with Gasteiger partial charge >= 0.3 is 0 Å². The monoisotopic (exact) mass is 304 g/mol. The standard InChI is InChI=1S/C16H14ClFN2O/c1-9-6-12(17)15(7-13(9)18)20-16(21)11-8-19-14-5-3-2-4-10(11)14/h2-3,5-8,10,19H,4H2,1H3,(H,20,21). The van der Waals surface area contributed by atoms with Crippen molar-refractivity contribution in [3.8, 4) is 0 Å². The maximum absolute atomic E-state index is 13.6. The molecule has 2 aliphatic rings. The smallest absolute Gasteiger partial charge is 0.253 e. The topological polar surface area (TPSA) is 41.1 Å². The number of carbonyl (C=O) groups is 1. The van der Waals surface area contributed by atoms with Crippen LogP contribution in [0.3, 0.4) is 0 Å². The zero-order valence-electron chi connectivity index (χ0n) is 11.4. The first-order valence-electron chi connectivity index (χ1n) is 6.66. The predicted octanol–water partition coefficient (Wildman–Crippen LogP) is 3.67. The summed E-state index contributed by atoms with van der Waals surface area (Å²) in [5, 5.41) is 6.10. The maximum atomic E-state index is 13.6. The van der Waals surface area contributed by atoms with Crippen molar-refractivity contribution in [3.63, 3.8) is 0 Å². The quantitative estimate of drug-likeness (QED) is 0.875. The van der Waals surface area contributed by atoms with Gasteiger partial charge in [-0.1, -0.05) is 23.8 Å². The van der Waals surface area contributed by atoms with Crippen LogP contribution in [0.2, 0.25) is 5.02 Å². The van der Waals surface area contributed by atoms with Gasteiger partial charge in [0.1, 0.15) is 5.82 Å². The minimum atomic E-state index is -0.394. The lowest BCUT2D eigenvalue weighted by Gasteiger charge is -2.17. The van der Waals surface area contributed by atoms with E-state index in [1.807, 2.05) is 18.2 Å². The Morgan fingerprint density at radius 2 is 2.29 bits per heavy atom. The zero-order chi connectivity index (χ0) is 15.0. The molecular formula is C16H14ClFN2O. The SMILES string of the molecule is Cc1cc(Cl)c(NC(=O)C2=CNC3=CC=CCC32)cc1F. The van der Waals surface area contributed by atoms with E-state index in [0.717, 1.165) is 12.1 Å². The van der Waals surface area contributed by atoms with E-state index in [9.17, 15) is 9.18 Å². The van der Waals surface area contributed by atoms with E-state index in [0.29, 0.717) is 16.2 Å². The highest BCUT2D eigenvalue weighted by Gasteiger charge is 2.29. The van der Waals surface area contributed by atoms with Crippen molar-refractivity contribution in [2.75, 3.05) is 5.32 Å². The number of anilines is 1. The molecule has 108 valence electrons. The van der Waals surface area contributed by atoms with E-state index in [2.05, 4.69) is 10.6 Å². The number of hydrogen-bond acceptors (Lipinski definition) is 2. The largest absolute Gasteiger partial charge is 0.364 e. The number of allylic oxidation sites excluding steroid dienone is 4. The first-order chi connectivity index (χ1) is 10.1. The van der Waals surface area contributed by atoms with Gasteiger partial charge < -0.3 is 10.6 Å². The fraction of sp³-hybridized carbons (Fsp3) is 0.188. The molecule has 0 saturated carbocycles. The summed E-state index contributed by atoms with van der Waals surface area (Å²) < 4.78 is 13.6. The molecule has 1 atom stereocenters. The molecule has 0 radical (unpaired) electrons. The van der Waals surface area contributed by atoms with E-state index in [1.165, 1.54) is 12.1 Å². The molecule has 0 spiro atoms. The molecule has 0 saturated heterocycles. The van der Waals surface area contributed by atoms with Gasteiger partial charge in [0.15, 0.2) is 0 Å². The lowest BCUT2D eigenvalue weighted by Crippen LogP contribution is -2.20. The highest BCUT2D eigenvalue weighted by molar-refractivity contribution is 6.34.